The van der Waals surface area contributed by atoms with Crippen LogP contribution >= 0.6 is 0 Å². The van der Waals surface area contributed by atoms with Crippen LogP contribution in [0, 0.1) is 0 Å². The van der Waals surface area contributed by atoms with Crippen LogP contribution in [-0.2, 0) is 20.0 Å². The molecule has 0 unspecified atom stereocenters. The molecule has 0 aliphatic rings. The largest absolute Gasteiger partial charge is 1.00 e. The number of allylic oxidation sites excluding steroid dienone is 2. The van der Waals surface area contributed by atoms with Gasteiger partial charge in [-0.25, -0.2) is 0 Å². The Balaban J connectivity index is -0.000000364. The topological polar surface area (TPSA) is 127 Å². The Morgan fingerprint density at radius 2 is 1.26 bits per heavy atom. The Morgan fingerprint density at radius 1 is 0.889 bits per heavy atom. The number of carbonyl (C=O) groups excluding carboxylic acids is 1. The van der Waals surface area contributed by atoms with Crippen LogP contribution in [0.3, 0.4) is 0 Å². The first kappa shape index (κ1) is 31.7. The van der Waals surface area contributed by atoms with Gasteiger partial charge in [0.2, 0.25) is 0 Å². The molecular formula is C18H38NNaO6S. The summed E-state index contributed by atoms with van der Waals surface area (Å²) in [5.41, 5.74) is 0. The molecule has 4 N–H and O–H groups in total. The summed E-state index contributed by atoms with van der Waals surface area (Å²) in [6.07, 6.45) is 21.5. The second kappa shape index (κ2) is 24.1. The molecule has 0 heterocycles. The van der Waals surface area contributed by atoms with Crippen LogP contribution in [0.25, 0.3) is 0 Å². The molecular weight excluding hydrogens is 381 g/mol. The van der Waals surface area contributed by atoms with E-state index in [4.69, 9.17) is 23.4 Å². The maximum atomic E-state index is 10.8. The molecule has 0 aliphatic heterocycles. The van der Waals surface area contributed by atoms with Crippen LogP contribution in [0.5, 0.6) is 0 Å². The zero-order chi connectivity index (χ0) is 20.1. The van der Waals surface area contributed by atoms with Gasteiger partial charge in [0, 0.05) is 6.42 Å². The van der Waals surface area contributed by atoms with Crippen molar-refractivity contribution in [3.63, 3.8) is 0 Å². The van der Waals surface area contributed by atoms with E-state index in [-0.39, 0.29) is 37.0 Å². The number of nitrogens with two attached hydrogens (primary N) is 1. The van der Waals surface area contributed by atoms with E-state index in [1.807, 2.05) is 0 Å². The fourth-order valence-electron chi connectivity index (χ4n) is 2.40. The Hall–Kier alpha value is 0.0400. The summed E-state index contributed by atoms with van der Waals surface area (Å²) in [6, 6.07) is 0. The number of rotatable bonds is 15. The number of hydrogen-bond donors (Lipinski definition) is 3. The number of unbranched alkanes of at least 4 members (excludes halogenated alkanes) is 11. The van der Waals surface area contributed by atoms with Crippen molar-refractivity contribution >= 4 is 16.4 Å². The van der Waals surface area contributed by atoms with Crippen molar-refractivity contribution in [3.8, 4) is 0 Å². The van der Waals surface area contributed by atoms with Crippen LogP contribution in [0.4, 0.5) is 0 Å². The third-order valence-electron chi connectivity index (χ3n) is 3.77. The van der Waals surface area contributed by atoms with Gasteiger partial charge in [0.1, 0.15) is 0 Å². The summed E-state index contributed by atoms with van der Waals surface area (Å²) < 4.78 is 31.6. The van der Waals surface area contributed by atoms with Crippen LogP contribution < -0.4 is 35.5 Å². The minimum absolute atomic E-state index is 0. The fraction of sp³-hybridized carbons (Fsp3) is 0.833. The SMILES string of the molecule is CCCCCCCC/C=C\CCCCCCCC(=O)ON.O=S(=O)(O)O.[H-].[Na+]. The van der Waals surface area contributed by atoms with Crippen LogP contribution in [-0.4, -0.2) is 23.5 Å². The molecule has 0 aromatic heterocycles. The zero-order valence-electron chi connectivity index (χ0n) is 18.1. The first-order chi connectivity index (χ1) is 12.3. The first-order valence-electron chi connectivity index (χ1n) is 9.55. The molecule has 27 heavy (non-hydrogen) atoms. The first-order valence-corrected chi connectivity index (χ1v) is 10.9. The summed E-state index contributed by atoms with van der Waals surface area (Å²) >= 11 is 0. The van der Waals surface area contributed by atoms with Gasteiger partial charge in [-0.2, -0.15) is 14.3 Å². The van der Waals surface area contributed by atoms with Crippen molar-refractivity contribution in [1.82, 2.24) is 0 Å². The van der Waals surface area contributed by atoms with Crippen LogP contribution in [0.2, 0.25) is 0 Å². The molecule has 0 bridgehead atoms. The van der Waals surface area contributed by atoms with Gasteiger partial charge in [0.15, 0.2) is 0 Å². The summed E-state index contributed by atoms with van der Waals surface area (Å²) in [4.78, 5) is 14.9. The Kier molecular flexibility index (Phi) is 28.3. The number of hydrogen-bond acceptors (Lipinski definition) is 5. The normalized spacial score (nSPS) is 10.8. The van der Waals surface area contributed by atoms with Gasteiger partial charge < -0.3 is 6.26 Å². The summed E-state index contributed by atoms with van der Waals surface area (Å²) in [6.45, 7) is 2.26. The van der Waals surface area contributed by atoms with E-state index in [0.29, 0.717) is 6.42 Å². The Bertz CT molecular complexity index is 441. The summed E-state index contributed by atoms with van der Waals surface area (Å²) in [7, 11) is -4.67. The standard InChI is InChI=1S/C18H35NO2.Na.H2O4S.H/c1-2-3-4-5-6-7-8-9-10-11-12-13-14-15-16-17-18(20)21-19;;1-5(2,3)4;/h9-10H,2-8,11-17,19H2,1H3;;(H2,1,2,3,4);/q;+1;;-1/b10-9-;;;. The molecule has 158 valence electrons. The molecule has 0 aromatic rings. The smallest absolute Gasteiger partial charge is 1.00 e. The van der Waals surface area contributed by atoms with Gasteiger partial charge in [-0.3, -0.25) is 13.9 Å². The van der Waals surface area contributed by atoms with E-state index in [1.165, 1.54) is 70.6 Å². The predicted octanol–water partition coefficient (Wildman–Crippen LogP) is 1.90. The van der Waals surface area contributed by atoms with Gasteiger partial charge >= 0.3 is 45.9 Å². The Morgan fingerprint density at radius 3 is 1.67 bits per heavy atom. The molecule has 0 atom stereocenters. The van der Waals surface area contributed by atoms with Crippen molar-refractivity contribution in [2.45, 2.75) is 96.8 Å². The molecule has 0 amide bonds. The maximum Gasteiger partial charge on any atom is 1.00 e. The second-order valence-corrected chi connectivity index (χ2v) is 7.17. The van der Waals surface area contributed by atoms with Gasteiger partial charge in [-0.1, -0.05) is 70.4 Å². The van der Waals surface area contributed by atoms with E-state index >= 15 is 0 Å². The van der Waals surface area contributed by atoms with E-state index in [2.05, 4.69) is 23.9 Å². The molecule has 0 aliphatic carbocycles. The van der Waals surface area contributed by atoms with Crippen molar-refractivity contribution in [1.29, 1.82) is 0 Å². The van der Waals surface area contributed by atoms with Gasteiger partial charge in [0.25, 0.3) is 0 Å². The van der Waals surface area contributed by atoms with E-state index in [9.17, 15) is 4.79 Å². The summed E-state index contributed by atoms with van der Waals surface area (Å²) in [5, 5.41) is 0. The van der Waals surface area contributed by atoms with Gasteiger partial charge in [-0.05, 0) is 32.1 Å². The van der Waals surface area contributed by atoms with Gasteiger partial charge in [0.05, 0.1) is 0 Å². The monoisotopic (exact) mass is 419 g/mol. The molecule has 7 nitrogen and oxygen atoms in total. The van der Waals surface area contributed by atoms with Crippen LogP contribution in [0.15, 0.2) is 12.2 Å². The van der Waals surface area contributed by atoms with Crippen molar-refractivity contribution < 1.29 is 58.1 Å². The average Bonchev–Trinajstić information content (AvgIpc) is 2.56. The molecule has 0 spiro atoms. The number of carbonyl (C=O) groups is 1. The fourth-order valence-corrected chi connectivity index (χ4v) is 2.40. The maximum absolute atomic E-state index is 10.8. The second-order valence-electron chi connectivity index (χ2n) is 6.27. The minimum Gasteiger partial charge on any atom is -1.00 e. The molecule has 0 aromatic carbocycles. The molecule has 0 saturated carbocycles. The quantitative estimate of drug-likeness (QED) is 0.122. The Labute approximate surface area is 188 Å². The predicted molar refractivity (Wildman–Crippen MR) is 105 cm³/mol. The van der Waals surface area contributed by atoms with Gasteiger partial charge in [-0.15, -0.1) is 0 Å². The van der Waals surface area contributed by atoms with E-state index in [1.54, 1.807) is 0 Å². The molecule has 9 heteroatoms. The van der Waals surface area contributed by atoms with Crippen LogP contribution in [0.1, 0.15) is 98.2 Å². The molecule has 0 fully saturated rings. The van der Waals surface area contributed by atoms with Crippen molar-refractivity contribution in [2.75, 3.05) is 0 Å². The van der Waals surface area contributed by atoms with E-state index in [0.717, 1.165) is 12.8 Å². The minimum atomic E-state index is -4.67. The molecule has 0 saturated heterocycles. The van der Waals surface area contributed by atoms with E-state index < -0.39 is 10.4 Å². The molecule has 0 rings (SSSR count). The zero-order valence-corrected chi connectivity index (χ0v) is 19.9. The average molecular weight is 420 g/mol. The van der Waals surface area contributed by atoms with Crippen molar-refractivity contribution in [2.24, 2.45) is 5.90 Å². The third kappa shape index (κ3) is 41.5. The third-order valence-corrected chi connectivity index (χ3v) is 3.77. The molecule has 0 radical (unpaired) electrons. The van der Waals surface area contributed by atoms with Crippen molar-refractivity contribution in [3.05, 3.63) is 12.2 Å². The summed E-state index contributed by atoms with van der Waals surface area (Å²) in [5.74, 6) is 4.48.